The van der Waals surface area contributed by atoms with E-state index in [2.05, 4.69) is 20.3 Å². The Morgan fingerprint density at radius 3 is 2.56 bits per heavy atom. The standard InChI is InChI=1S/C29H21FN8O3/c30-18-4-1-3-17(13-18)27(39)33-14-16-6-8-19(9-7-16)38-25(20-5-2-12-32-24(20)31)36-23-11-10-22(35-26(23)38)21-15-34-29(41)37-28(21)40/h1-13,15H,14H2,(H2,31,32)(H,33,39)(H2,34,37,40,41). The first-order valence-electron chi connectivity index (χ1n) is 12.4. The van der Waals surface area contributed by atoms with E-state index in [9.17, 15) is 18.8 Å². The maximum Gasteiger partial charge on any atom is 0.325 e. The van der Waals surface area contributed by atoms with Gasteiger partial charge >= 0.3 is 5.69 Å². The molecule has 0 saturated carbocycles. The largest absolute Gasteiger partial charge is 0.383 e. The number of fused-ring (bicyclic) bond motifs is 1. The van der Waals surface area contributed by atoms with Crippen molar-refractivity contribution in [2.45, 2.75) is 6.54 Å². The number of aromatic nitrogens is 6. The van der Waals surface area contributed by atoms with Gasteiger partial charge in [0, 0.05) is 30.2 Å². The maximum atomic E-state index is 13.5. The average Bonchev–Trinajstić information content (AvgIpc) is 3.35. The minimum Gasteiger partial charge on any atom is -0.383 e. The van der Waals surface area contributed by atoms with Crippen LogP contribution in [0, 0.1) is 5.82 Å². The fraction of sp³-hybridized carbons (Fsp3) is 0.0345. The Hall–Kier alpha value is -5.91. The lowest BCUT2D eigenvalue weighted by atomic mass is 10.1. The summed E-state index contributed by atoms with van der Waals surface area (Å²) in [7, 11) is 0. The number of anilines is 1. The Labute approximate surface area is 230 Å². The highest BCUT2D eigenvalue weighted by molar-refractivity contribution is 5.94. The molecule has 0 radical (unpaired) electrons. The molecule has 6 aromatic rings. The highest BCUT2D eigenvalue weighted by atomic mass is 19.1. The van der Waals surface area contributed by atoms with Crippen LogP contribution in [0.2, 0.25) is 0 Å². The summed E-state index contributed by atoms with van der Waals surface area (Å²) in [6, 6.07) is 19.7. The summed E-state index contributed by atoms with van der Waals surface area (Å²) in [6.07, 6.45) is 2.89. The Morgan fingerprint density at radius 1 is 0.976 bits per heavy atom. The minimum absolute atomic E-state index is 0.186. The van der Waals surface area contributed by atoms with Gasteiger partial charge in [-0.2, -0.15) is 0 Å². The van der Waals surface area contributed by atoms with Crippen molar-refractivity contribution < 1.29 is 9.18 Å². The second-order valence-electron chi connectivity index (χ2n) is 9.09. The number of carbonyl (C=O) groups is 1. The molecular formula is C29H21FN8O3. The van der Waals surface area contributed by atoms with Crippen LogP contribution < -0.4 is 22.3 Å². The molecule has 0 bridgehead atoms. The summed E-state index contributed by atoms with van der Waals surface area (Å²) in [5.41, 5.74) is 8.81. The molecule has 4 aromatic heterocycles. The summed E-state index contributed by atoms with van der Waals surface area (Å²) in [6.45, 7) is 0.222. The van der Waals surface area contributed by atoms with Gasteiger partial charge in [0.1, 0.15) is 17.2 Å². The van der Waals surface area contributed by atoms with Crippen LogP contribution in [0.5, 0.6) is 0 Å². The van der Waals surface area contributed by atoms with E-state index in [1.165, 1.54) is 24.4 Å². The lowest BCUT2D eigenvalue weighted by Crippen LogP contribution is -2.22. The molecule has 12 heteroatoms. The number of nitrogens with one attached hydrogen (secondary N) is 3. The van der Waals surface area contributed by atoms with Gasteiger partial charge in [-0.1, -0.05) is 18.2 Å². The molecule has 41 heavy (non-hydrogen) atoms. The van der Waals surface area contributed by atoms with Crippen LogP contribution in [0.3, 0.4) is 0 Å². The van der Waals surface area contributed by atoms with Crippen molar-refractivity contribution in [2.75, 3.05) is 5.73 Å². The number of pyridine rings is 2. The molecule has 1 amide bonds. The zero-order chi connectivity index (χ0) is 28.5. The van der Waals surface area contributed by atoms with Crippen molar-refractivity contribution in [1.82, 2.24) is 34.8 Å². The number of hydrogen-bond donors (Lipinski definition) is 4. The second-order valence-corrected chi connectivity index (χ2v) is 9.09. The number of benzene rings is 2. The average molecular weight is 549 g/mol. The Balaban J connectivity index is 1.40. The number of imidazole rings is 1. The van der Waals surface area contributed by atoms with Gasteiger partial charge in [-0.3, -0.25) is 19.1 Å². The predicted octanol–water partition coefficient (Wildman–Crippen LogP) is 3.18. The van der Waals surface area contributed by atoms with E-state index in [0.717, 1.165) is 5.56 Å². The number of aromatic amines is 2. The molecule has 0 aliphatic rings. The number of H-pyrrole nitrogens is 2. The third-order valence-corrected chi connectivity index (χ3v) is 6.41. The molecule has 0 fully saturated rings. The molecule has 6 rings (SSSR count). The molecule has 2 aromatic carbocycles. The van der Waals surface area contributed by atoms with Gasteiger partial charge in [0.2, 0.25) is 0 Å². The highest BCUT2D eigenvalue weighted by Gasteiger charge is 2.19. The van der Waals surface area contributed by atoms with E-state index in [1.54, 1.807) is 41.1 Å². The van der Waals surface area contributed by atoms with E-state index >= 15 is 0 Å². The van der Waals surface area contributed by atoms with Gasteiger partial charge in [-0.05, 0) is 60.2 Å². The van der Waals surface area contributed by atoms with E-state index in [0.29, 0.717) is 33.9 Å². The van der Waals surface area contributed by atoms with E-state index in [1.807, 2.05) is 24.3 Å². The monoisotopic (exact) mass is 548 g/mol. The van der Waals surface area contributed by atoms with Crippen molar-refractivity contribution in [1.29, 1.82) is 0 Å². The molecule has 0 atom stereocenters. The third kappa shape index (κ3) is 4.96. The van der Waals surface area contributed by atoms with Crippen LogP contribution in [0.4, 0.5) is 10.2 Å². The minimum atomic E-state index is -0.619. The lowest BCUT2D eigenvalue weighted by molar-refractivity contribution is 0.0950. The van der Waals surface area contributed by atoms with Gasteiger partial charge in [-0.25, -0.2) is 24.1 Å². The summed E-state index contributed by atoms with van der Waals surface area (Å²) in [5.74, 6) is -0.116. The molecular weight excluding hydrogens is 527 g/mol. The molecule has 0 spiro atoms. The molecule has 4 heterocycles. The lowest BCUT2D eigenvalue weighted by Gasteiger charge is -2.12. The normalized spacial score (nSPS) is 11.0. The number of halogens is 1. The fourth-order valence-electron chi connectivity index (χ4n) is 4.42. The van der Waals surface area contributed by atoms with Crippen LogP contribution in [-0.4, -0.2) is 35.4 Å². The third-order valence-electron chi connectivity index (χ3n) is 6.41. The van der Waals surface area contributed by atoms with Crippen molar-refractivity contribution in [3.63, 3.8) is 0 Å². The van der Waals surface area contributed by atoms with Gasteiger partial charge < -0.3 is 16.0 Å². The summed E-state index contributed by atoms with van der Waals surface area (Å²) in [4.78, 5) is 54.7. The number of nitrogens with two attached hydrogens (primary N) is 1. The molecule has 5 N–H and O–H groups in total. The summed E-state index contributed by atoms with van der Waals surface area (Å²) in [5, 5.41) is 2.79. The summed E-state index contributed by atoms with van der Waals surface area (Å²) >= 11 is 0. The van der Waals surface area contributed by atoms with E-state index in [-0.39, 0.29) is 23.5 Å². The Bertz CT molecular complexity index is 2050. The van der Waals surface area contributed by atoms with Crippen molar-refractivity contribution in [3.05, 3.63) is 123 Å². The summed E-state index contributed by atoms with van der Waals surface area (Å²) < 4.78 is 15.3. The van der Waals surface area contributed by atoms with E-state index < -0.39 is 23.0 Å². The molecule has 0 aliphatic heterocycles. The first-order valence-corrected chi connectivity index (χ1v) is 12.4. The Morgan fingerprint density at radius 2 is 1.80 bits per heavy atom. The smallest absolute Gasteiger partial charge is 0.325 e. The van der Waals surface area contributed by atoms with Crippen LogP contribution >= 0.6 is 0 Å². The van der Waals surface area contributed by atoms with Crippen molar-refractivity contribution in [2.24, 2.45) is 0 Å². The first kappa shape index (κ1) is 25.4. The second kappa shape index (κ2) is 10.3. The van der Waals surface area contributed by atoms with Crippen molar-refractivity contribution >= 4 is 22.9 Å². The van der Waals surface area contributed by atoms with E-state index in [4.69, 9.17) is 15.7 Å². The topological polar surface area (TPSA) is 164 Å². The number of hydrogen-bond acceptors (Lipinski definition) is 7. The fourth-order valence-corrected chi connectivity index (χ4v) is 4.42. The molecule has 11 nitrogen and oxygen atoms in total. The van der Waals surface area contributed by atoms with Gasteiger partial charge in [0.05, 0.1) is 16.8 Å². The van der Waals surface area contributed by atoms with Gasteiger partial charge in [-0.15, -0.1) is 0 Å². The quantitative estimate of drug-likeness (QED) is 0.248. The van der Waals surface area contributed by atoms with Crippen LogP contribution in [0.25, 0.3) is 39.5 Å². The van der Waals surface area contributed by atoms with Gasteiger partial charge in [0.25, 0.3) is 11.5 Å². The zero-order valence-corrected chi connectivity index (χ0v) is 21.3. The van der Waals surface area contributed by atoms with Crippen LogP contribution in [0.15, 0.2) is 94.8 Å². The van der Waals surface area contributed by atoms with Crippen LogP contribution in [-0.2, 0) is 6.54 Å². The van der Waals surface area contributed by atoms with Gasteiger partial charge in [0.15, 0.2) is 11.5 Å². The predicted molar refractivity (Wildman–Crippen MR) is 151 cm³/mol. The number of amides is 1. The number of rotatable bonds is 6. The molecule has 0 aliphatic carbocycles. The molecule has 202 valence electrons. The highest BCUT2D eigenvalue weighted by Crippen LogP contribution is 2.31. The molecule has 0 saturated heterocycles. The zero-order valence-electron chi connectivity index (χ0n) is 21.3. The Kier molecular flexibility index (Phi) is 6.40. The maximum absolute atomic E-state index is 13.5. The first-order chi connectivity index (χ1) is 19.9. The number of carbonyl (C=O) groups excluding carboxylic acids is 1. The number of nitrogens with zero attached hydrogens (tertiary/aromatic N) is 4. The van der Waals surface area contributed by atoms with Crippen molar-refractivity contribution in [3.8, 4) is 28.3 Å². The molecule has 0 unspecified atom stereocenters. The SMILES string of the molecule is Nc1ncccc1-c1nc2ccc(-c3c[nH]c(=O)[nH]c3=O)nc2n1-c1ccc(CNC(=O)c2cccc(F)c2)cc1. The van der Waals surface area contributed by atoms with Crippen LogP contribution in [0.1, 0.15) is 15.9 Å². The number of nitrogen functional groups attached to an aromatic ring is 1.